The van der Waals surface area contributed by atoms with Crippen LogP contribution in [0, 0.1) is 5.82 Å². The van der Waals surface area contributed by atoms with E-state index in [1.54, 1.807) is 12.1 Å². The number of hydrogen-bond donors (Lipinski definition) is 2. The van der Waals surface area contributed by atoms with Gasteiger partial charge in [0.1, 0.15) is 5.82 Å². The van der Waals surface area contributed by atoms with Crippen LogP contribution in [0.5, 0.6) is 0 Å². The summed E-state index contributed by atoms with van der Waals surface area (Å²) in [7, 11) is 0. The van der Waals surface area contributed by atoms with Crippen molar-refractivity contribution in [2.45, 2.75) is 12.6 Å². The van der Waals surface area contributed by atoms with Gasteiger partial charge in [0.15, 0.2) is 0 Å². The maximum absolute atomic E-state index is 13.8. The first-order valence-electron chi connectivity index (χ1n) is 10.9. The van der Waals surface area contributed by atoms with E-state index in [4.69, 9.17) is 0 Å². The van der Waals surface area contributed by atoms with Crippen LogP contribution in [0.3, 0.4) is 0 Å². The third kappa shape index (κ3) is 5.96. The predicted molar refractivity (Wildman–Crippen MR) is 130 cm³/mol. The second-order valence-corrected chi connectivity index (χ2v) is 7.98. The zero-order chi connectivity index (χ0) is 25.7. The van der Waals surface area contributed by atoms with Crippen molar-refractivity contribution in [3.8, 4) is 11.1 Å². The average molecular weight is 492 g/mol. The van der Waals surface area contributed by atoms with Crippen molar-refractivity contribution >= 4 is 23.2 Å². The van der Waals surface area contributed by atoms with Gasteiger partial charge in [-0.2, -0.15) is 13.2 Å². The number of rotatable bonds is 6. The Hall–Kier alpha value is -4.46. The number of carbonyl (C=O) groups excluding carboxylic acids is 2. The van der Waals surface area contributed by atoms with E-state index in [9.17, 15) is 27.2 Å². The van der Waals surface area contributed by atoms with E-state index in [0.29, 0.717) is 11.6 Å². The molecule has 0 aliphatic carbocycles. The normalized spacial score (nSPS) is 11.1. The molecule has 0 saturated carbocycles. The molecule has 0 aromatic heterocycles. The summed E-state index contributed by atoms with van der Waals surface area (Å²) >= 11 is 0. The van der Waals surface area contributed by atoms with E-state index in [1.807, 2.05) is 42.5 Å². The van der Waals surface area contributed by atoms with Crippen molar-refractivity contribution in [2.75, 3.05) is 10.6 Å². The van der Waals surface area contributed by atoms with Crippen molar-refractivity contribution in [1.29, 1.82) is 0 Å². The minimum Gasteiger partial charge on any atom is -0.325 e. The lowest BCUT2D eigenvalue weighted by Gasteiger charge is -2.16. The summed E-state index contributed by atoms with van der Waals surface area (Å²) in [6, 6.07) is 24.9. The highest BCUT2D eigenvalue weighted by Gasteiger charge is 2.34. The SMILES string of the molecule is O=C(Cc1ccc(-c2ccccc2)cc1)Nc1ccc(NC(=O)c2ccccc2F)cc1C(F)(F)F. The van der Waals surface area contributed by atoms with Gasteiger partial charge in [-0.25, -0.2) is 4.39 Å². The Morgan fingerprint density at radius 1 is 0.722 bits per heavy atom. The molecule has 4 aromatic carbocycles. The first kappa shape index (κ1) is 24.7. The number of halogens is 4. The summed E-state index contributed by atoms with van der Waals surface area (Å²) in [6.45, 7) is 0. The molecule has 0 aliphatic rings. The maximum Gasteiger partial charge on any atom is 0.418 e. The average Bonchev–Trinajstić information content (AvgIpc) is 2.85. The van der Waals surface area contributed by atoms with E-state index >= 15 is 0 Å². The zero-order valence-corrected chi connectivity index (χ0v) is 18.8. The van der Waals surface area contributed by atoms with Gasteiger partial charge in [-0.1, -0.05) is 66.7 Å². The van der Waals surface area contributed by atoms with Crippen molar-refractivity contribution in [1.82, 2.24) is 0 Å². The Kier molecular flexibility index (Phi) is 7.15. The van der Waals surface area contributed by atoms with E-state index in [0.717, 1.165) is 23.3 Å². The number of benzene rings is 4. The first-order chi connectivity index (χ1) is 17.2. The van der Waals surface area contributed by atoms with E-state index in [-0.39, 0.29) is 17.7 Å². The van der Waals surface area contributed by atoms with Gasteiger partial charge >= 0.3 is 6.18 Å². The van der Waals surface area contributed by atoms with Crippen LogP contribution in [0.15, 0.2) is 97.1 Å². The lowest BCUT2D eigenvalue weighted by atomic mass is 10.0. The Balaban J connectivity index is 1.48. The Morgan fingerprint density at radius 3 is 2.03 bits per heavy atom. The highest BCUT2D eigenvalue weighted by molar-refractivity contribution is 6.04. The molecule has 0 spiro atoms. The van der Waals surface area contributed by atoms with Crippen LogP contribution in [0.2, 0.25) is 0 Å². The second-order valence-electron chi connectivity index (χ2n) is 7.98. The van der Waals surface area contributed by atoms with E-state index in [1.165, 1.54) is 24.3 Å². The smallest absolute Gasteiger partial charge is 0.325 e. The van der Waals surface area contributed by atoms with Crippen LogP contribution in [0.25, 0.3) is 11.1 Å². The number of carbonyl (C=O) groups is 2. The van der Waals surface area contributed by atoms with Gasteiger partial charge in [-0.05, 0) is 47.0 Å². The third-order valence-electron chi connectivity index (χ3n) is 5.40. The summed E-state index contributed by atoms with van der Waals surface area (Å²) in [6.07, 6.45) is -4.93. The predicted octanol–water partition coefficient (Wildman–Crippen LogP) is 6.95. The molecule has 0 fully saturated rings. The molecule has 0 radical (unpaired) electrons. The summed E-state index contributed by atoms with van der Waals surface area (Å²) in [5, 5.41) is 4.56. The minimum absolute atomic E-state index is 0.127. The third-order valence-corrected chi connectivity index (χ3v) is 5.40. The van der Waals surface area contributed by atoms with Gasteiger partial charge in [0.25, 0.3) is 5.91 Å². The fourth-order valence-corrected chi connectivity index (χ4v) is 3.63. The minimum atomic E-state index is -4.81. The van der Waals surface area contributed by atoms with Crippen molar-refractivity contribution in [3.05, 3.63) is 120 Å². The van der Waals surface area contributed by atoms with Gasteiger partial charge in [0, 0.05) is 5.69 Å². The van der Waals surface area contributed by atoms with Crippen LogP contribution in [0.1, 0.15) is 21.5 Å². The Bertz CT molecular complexity index is 1390. The molecule has 0 saturated heterocycles. The largest absolute Gasteiger partial charge is 0.418 e. The Morgan fingerprint density at radius 2 is 1.36 bits per heavy atom. The standard InChI is InChI=1S/C28H20F4N2O2/c29-24-9-5-4-8-22(24)27(36)33-21-14-15-25(23(17-21)28(30,31)32)34-26(35)16-18-10-12-20(13-11-18)19-6-2-1-3-7-19/h1-15,17H,16H2,(H,33,36)(H,34,35). The molecular formula is C28H20F4N2O2. The Labute approximate surface area is 204 Å². The molecule has 2 N–H and O–H groups in total. The van der Waals surface area contributed by atoms with E-state index < -0.39 is 35.1 Å². The van der Waals surface area contributed by atoms with Crippen molar-refractivity contribution in [2.24, 2.45) is 0 Å². The number of amides is 2. The van der Waals surface area contributed by atoms with Crippen LogP contribution in [-0.4, -0.2) is 11.8 Å². The monoisotopic (exact) mass is 492 g/mol. The fraction of sp³-hybridized carbons (Fsp3) is 0.0714. The molecule has 0 unspecified atom stereocenters. The topological polar surface area (TPSA) is 58.2 Å². The molecule has 182 valence electrons. The molecule has 0 atom stereocenters. The number of alkyl halides is 3. The van der Waals surface area contributed by atoms with Crippen LogP contribution < -0.4 is 10.6 Å². The summed E-state index contributed by atoms with van der Waals surface area (Å²) in [5.74, 6) is -2.32. The zero-order valence-electron chi connectivity index (χ0n) is 18.8. The number of nitrogens with one attached hydrogen (secondary N) is 2. The van der Waals surface area contributed by atoms with Crippen LogP contribution in [-0.2, 0) is 17.4 Å². The molecule has 0 bridgehead atoms. The highest BCUT2D eigenvalue weighted by Crippen LogP contribution is 2.37. The first-order valence-corrected chi connectivity index (χ1v) is 10.9. The van der Waals surface area contributed by atoms with Crippen molar-refractivity contribution in [3.63, 3.8) is 0 Å². The molecule has 0 aliphatic heterocycles. The molecule has 2 amide bonds. The molecule has 8 heteroatoms. The van der Waals surface area contributed by atoms with Crippen LogP contribution >= 0.6 is 0 Å². The lowest BCUT2D eigenvalue weighted by Crippen LogP contribution is -2.19. The van der Waals surface area contributed by atoms with Gasteiger partial charge in [0.05, 0.1) is 23.2 Å². The molecule has 4 rings (SSSR count). The fourth-order valence-electron chi connectivity index (χ4n) is 3.63. The quantitative estimate of drug-likeness (QED) is 0.286. The maximum atomic E-state index is 13.8. The molecule has 0 heterocycles. The summed E-state index contributed by atoms with van der Waals surface area (Å²) in [4.78, 5) is 24.8. The molecule has 4 nitrogen and oxygen atoms in total. The highest BCUT2D eigenvalue weighted by atomic mass is 19.4. The summed E-state index contributed by atoms with van der Waals surface area (Å²) < 4.78 is 55.0. The van der Waals surface area contributed by atoms with Gasteiger partial charge in [-0.15, -0.1) is 0 Å². The summed E-state index contributed by atoms with van der Waals surface area (Å²) in [5.41, 5.74) is 0.512. The van der Waals surface area contributed by atoms with Crippen LogP contribution in [0.4, 0.5) is 28.9 Å². The lowest BCUT2D eigenvalue weighted by molar-refractivity contribution is -0.136. The number of hydrogen-bond acceptors (Lipinski definition) is 2. The number of anilines is 2. The molecule has 4 aromatic rings. The van der Waals surface area contributed by atoms with Gasteiger partial charge in [0.2, 0.25) is 5.91 Å². The van der Waals surface area contributed by atoms with E-state index in [2.05, 4.69) is 10.6 Å². The van der Waals surface area contributed by atoms with Crippen molar-refractivity contribution < 1.29 is 27.2 Å². The molecular weight excluding hydrogens is 472 g/mol. The van der Waals surface area contributed by atoms with Gasteiger partial charge in [-0.3, -0.25) is 9.59 Å². The second kappa shape index (κ2) is 10.4. The molecule has 36 heavy (non-hydrogen) atoms. The van der Waals surface area contributed by atoms with Gasteiger partial charge < -0.3 is 10.6 Å².